The van der Waals surface area contributed by atoms with Crippen LogP contribution in [0.3, 0.4) is 0 Å². The molecule has 1 heterocycles. The molecule has 21 heavy (non-hydrogen) atoms. The number of carbonyl (C=O) groups is 2. The van der Waals surface area contributed by atoms with E-state index in [1.165, 1.54) is 18.2 Å². The molecule has 2 amide bonds. The predicted octanol–water partition coefficient (Wildman–Crippen LogP) is 0.140. The van der Waals surface area contributed by atoms with E-state index in [1.807, 2.05) is 10.3 Å². The molecule has 7 heteroatoms. The molecule has 6 nitrogen and oxygen atoms in total. The molecule has 1 aromatic carbocycles. The van der Waals surface area contributed by atoms with E-state index in [-0.39, 0.29) is 18.5 Å². The third-order valence-corrected chi connectivity index (χ3v) is 3.73. The van der Waals surface area contributed by atoms with Gasteiger partial charge in [0, 0.05) is 24.7 Å². The number of benzene rings is 1. The molecule has 0 bridgehead atoms. The maximum absolute atomic E-state index is 13.9. The highest BCUT2D eigenvalue weighted by molar-refractivity contribution is 5.93. The molecule has 0 saturated carbocycles. The molecule has 1 fully saturated rings. The number of hydrogen-bond donors (Lipinski definition) is 3. The second-order valence-electron chi connectivity index (χ2n) is 5.02. The van der Waals surface area contributed by atoms with Gasteiger partial charge in [-0.1, -0.05) is 0 Å². The Kier molecular flexibility index (Phi) is 4.87. The number of likely N-dealkylation sites (tertiary alicyclic amines) is 1. The highest BCUT2D eigenvalue weighted by atomic mass is 19.1. The minimum Gasteiger partial charge on any atom is -0.358 e. The smallest absolute Gasteiger partial charge is 0.265 e. The summed E-state index contributed by atoms with van der Waals surface area (Å²) in [6.07, 6.45) is 1.65. The summed E-state index contributed by atoms with van der Waals surface area (Å²) < 4.78 is 13.9. The SMILES string of the molecule is CNC(=O)C1CCCN1Cc1cc(C(=O)NN)ccc1F. The molecule has 0 spiro atoms. The minimum absolute atomic E-state index is 0.0660. The van der Waals surface area contributed by atoms with Gasteiger partial charge in [-0.25, -0.2) is 10.2 Å². The summed E-state index contributed by atoms with van der Waals surface area (Å²) >= 11 is 0. The van der Waals surface area contributed by atoms with Gasteiger partial charge in [0.25, 0.3) is 5.91 Å². The maximum atomic E-state index is 13.9. The zero-order valence-corrected chi connectivity index (χ0v) is 11.9. The van der Waals surface area contributed by atoms with E-state index < -0.39 is 11.7 Å². The molecule has 1 saturated heterocycles. The van der Waals surface area contributed by atoms with Gasteiger partial charge in [-0.15, -0.1) is 0 Å². The van der Waals surface area contributed by atoms with Gasteiger partial charge in [0.05, 0.1) is 6.04 Å². The Bertz CT molecular complexity index is 550. The lowest BCUT2D eigenvalue weighted by molar-refractivity contribution is -0.125. The fraction of sp³-hybridized carbons (Fsp3) is 0.429. The summed E-state index contributed by atoms with van der Waals surface area (Å²) in [5, 5.41) is 2.62. The average molecular weight is 294 g/mol. The van der Waals surface area contributed by atoms with Gasteiger partial charge in [0.2, 0.25) is 5.91 Å². The highest BCUT2D eigenvalue weighted by Gasteiger charge is 2.30. The van der Waals surface area contributed by atoms with E-state index in [0.29, 0.717) is 11.1 Å². The van der Waals surface area contributed by atoms with Crippen molar-refractivity contribution >= 4 is 11.8 Å². The fourth-order valence-electron chi connectivity index (χ4n) is 2.62. The van der Waals surface area contributed by atoms with Crippen molar-refractivity contribution in [1.82, 2.24) is 15.6 Å². The molecule has 0 aromatic heterocycles. The van der Waals surface area contributed by atoms with Crippen LogP contribution < -0.4 is 16.6 Å². The molecule has 0 aliphatic carbocycles. The standard InChI is InChI=1S/C14H19FN4O2/c1-17-14(21)12-3-2-6-19(12)8-10-7-9(13(20)18-16)4-5-11(10)15/h4-5,7,12H,2-3,6,8,16H2,1H3,(H,17,21)(H,18,20). The molecule has 114 valence electrons. The second kappa shape index (κ2) is 6.64. The van der Waals surface area contributed by atoms with Crippen molar-refractivity contribution in [3.8, 4) is 0 Å². The lowest BCUT2D eigenvalue weighted by Gasteiger charge is -2.23. The van der Waals surface area contributed by atoms with Crippen molar-refractivity contribution in [1.29, 1.82) is 0 Å². The number of halogens is 1. The maximum Gasteiger partial charge on any atom is 0.265 e. The third-order valence-electron chi connectivity index (χ3n) is 3.73. The number of nitrogens with one attached hydrogen (secondary N) is 2. The molecule has 1 unspecified atom stereocenters. The third kappa shape index (κ3) is 3.37. The molecule has 1 aromatic rings. The summed E-state index contributed by atoms with van der Waals surface area (Å²) in [4.78, 5) is 25.2. The normalized spacial score (nSPS) is 18.5. The van der Waals surface area contributed by atoms with E-state index in [0.717, 1.165) is 19.4 Å². The number of nitrogen functional groups attached to an aromatic ring is 1. The number of likely N-dealkylation sites (N-methyl/N-ethyl adjacent to an activating group) is 1. The summed E-state index contributed by atoms with van der Waals surface area (Å²) in [6.45, 7) is 1.01. The van der Waals surface area contributed by atoms with Crippen LogP contribution in [0.2, 0.25) is 0 Å². The molecule has 1 aliphatic heterocycles. The first kappa shape index (κ1) is 15.4. The number of amides is 2. The van der Waals surface area contributed by atoms with Crippen LogP contribution in [0.25, 0.3) is 0 Å². The zero-order chi connectivity index (χ0) is 15.4. The first-order valence-corrected chi connectivity index (χ1v) is 6.82. The van der Waals surface area contributed by atoms with Crippen molar-refractivity contribution in [3.63, 3.8) is 0 Å². The summed E-state index contributed by atoms with van der Waals surface area (Å²) in [5.74, 6) is 4.14. The van der Waals surface area contributed by atoms with E-state index in [9.17, 15) is 14.0 Å². The largest absolute Gasteiger partial charge is 0.358 e. The van der Waals surface area contributed by atoms with Crippen LogP contribution in [0.5, 0.6) is 0 Å². The topological polar surface area (TPSA) is 87.5 Å². The number of hydrazine groups is 1. The van der Waals surface area contributed by atoms with Crippen LogP contribution in [-0.4, -0.2) is 36.3 Å². The van der Waals surface area contributed by atoms with Crippen molar-refractivity contribution in [3.05, 3.63) is 35.1 Å². The monoisotopic (exact) mass is 294 g/mol. The number of nitrogens with two attached hydrogens (primary N) is 1. The number of hydrogen-bond acceptors (Lipinski definition) is 4. The molecule has 2 rings (SSSR count). The van der Waals surface area contributed by atoms with E-state index in [2.05, 4.69) is 5.32 Å². The average Bonchev–Trinajstić information content (AvgIpc) is 2.96. The highest BCUT2D eigenvalue weighted by Crippen LogP contribution is 2.22. The molecular weight excluding hydrogens is 275 g/mol. The summed E-state index contributed by atoms with van der Waals surface area (Å²) in [7, 11) is 1.59. The molecular formula is C14H19FN4O2. The fourth-order valence-corrected chi connectivity index (χ4v) is 2.62. The van der Waals surface area contributed by atoms with Gasteiger partial charge in [0.15, 0.2) is 0 Å². The summed E-state index contributed by atoms with van der Waals surface area (Å²) in [6, 6.07) is 3.84. The van der Waals surface area contributed by atoms with Crippen molar-refractivity contribution in [2.24, 2.45) is 5.84 Å². The van der Waals surface area contributed by atoms with Gasteiger partial charge in [-0.3, -0.25) is 19.9 Å². The van der Waals surface area contributed by atoms with E-state index in [1.54, 1.807) is 7.05 Å². The van der Waals surface area contributed by atoms with E-state index in [4.69, 9.17) is 5.84 Å². The van der Waals surface area contributed by atoms with E-state index >= 15 is 0 Å². The Morgan fingerprint density at radius 3 is 2.90 bits per heavy atom. The van der Waals surface area contributed by atoms with Crippen LogP contribution in [-0.2, 0) is 11.3 Å². The molecule has 4 N–H and O–H groups in total. The van der Waals surface area contributed by atoms with Gasteiger partial charge >= 0.3 is 0 Å². The minimum atomic E-state index is -0.472. The number of rotatable bonds is 4. The Morgan fingerprint density at radius 1 is 1.48 bits per heavy atom. The van der Waals surface area contributed by atoms with Crippen molar-refractivity contribution in [2.75, 3.05) is 13.6 Å². The second-order valence-corrected chi connectivity index (χ2v) is 5.02. The van der Waals surface area contributed by atoms with Crippen LogP contribution in [0.4, 0.5) is 4.39 Å². The Labute approximate surface area is 122 Å². The van der Waals surface area contributed by atoms with Gasteiger partial charge in [0.1, 0.15) is 5.82 Å². The quantitative estimate of drug-likeness (QED) is 0.419. The van der Waals surface area contributed by atoms with Gasteiger partial charge < -0.3 is 5.32 Å². The first-order chi connectivity index (χ1) is 10.1. The van der Waals surface area contributed by atoms with Crippen LogP contribution in [0.15, 0.2) is 18.2 Å². The Hall–Kier alpha value is -1.99. The molecule has 1 atom stereocenters. The number of nitrogens with zero attached hydrogens (tertiary/aromatic N) is 1. The first-order valence-electron chi connectivity index (χ1n) is 6.82. The van der Waals surface area contributed by atoms with Crippen LogP contribution in [0.1, 0.15) is 28.8 Å². The zero-order valence-electron chi connectivity index (χ0n) is 11.9. The summed E-state index contributed by atoms with van der Waals surface area (Å²) in [5.41, 5.74) is 2.70. The molecule has 1 aliphatic rings. The lowest BCUT2D eigenvalue weighted by Crippen LogP contribution is -2.41. The van der Waals surface area contributed by atoms with Gasteiger partial charge in [-0.2, -0.15) is 0 Å². The van der Waals surface area contributed by atoms with Crippen LogP contribution >= 0.6 is 0 Å². The lowest BCUT2D eigenvalue weighted by atomic mass is 10.1. The Morgan fingerprint density at radius 2 is 2.24 bits per heavy atom. The number of carbonyl (C=O) groups excluding carboxylic acids is 2. The van der Waals surface area contributed by atoms with Gasteiger partial charge in [-0.05, 0) is 37.6 Å². The Balaban J connectivity index is 2.18. The predicted molar refractivity (Wildman–Crippen MR) is 75.6 cm³/mol. The van der Waals surface area contributed by atoms with Crippen molar-refractivity contribution in [2.45, 2.75) is 25.4 Å². The van der Waals surface area contributed by atoms with Crippen molar-refractivity contribution < 1.29 is 14.0 Å². The molecule has 0 radical (unpaired) electrons. The van der Waals surface area contributed by atoms with Crippen LogP contribution in [0, 0.1) is 5.82 Å².